The maximum Gasteiger partial charge on any atom is 0.263 e. The molecule has 0 saturated carbocycles. The fraction of sp³-hybridized carbons (Fsp3) is 0.333. The molecule has 3 aromatic rings. The molecule has 5 rings (SSSR count). The summed E-state index contributed by atoms with van der Waals surface area (Å²) in [6, 6.07) is 7.31. The summed E-state index contributed by atoms with van der Waals surface area (Å²) < 4.78 is 10.9. The van der Waals surface area contributed by atoms with Crippen LogP contribution >= 0.6 is 0 Å². The maximum atomic E-state index is 12.6. The predicted octanol–water partition coefficient (Wildman–Crippen LogP) is 3.18. The minimum absolute atomic E-state index is 0.0158. The number of H-pyrrole nitrogens is 1. The van der Waals surface area contributed by atoms with Crippen molar-refractivity contribution in [3.63, 3.8) is 0 Å². The molecular formula is C21H19N3O4. The summed E-state index contributed by atoms with van der Waals surface area (Å²) in [7, 11) is 0. The molecular weight excluding hydrogens is 358 g/mol. The number of ether oxygens (including phenoxy) is 1. The van der Waals surface area contributed by atoms with Gasteiger partial charge in [-0.2, -0.15) is 4.98 Å². The number of Topliss-reactive ketones (excluding diaryl/α,β-unsaturated/α-hetero) is 1. The first-order chi connectivity index (χ1) is 13.4. The van der Waals surface area contributed by atoms with Crippen molar-refractivity contribution in [2.75, 3.05) is 6.61 Å². The number of carbonyl (C=O) groups excluding carboxylic acids is 1. The third-order valence-electron chi connectivity index (χ3n) is 5.32. The summed E-state index contributed by atoms with van der Waals surface area (Å²) >= 11 is 0. The average molecular weight is 377 g/mol. The fourth-order valence-electron chi connectivity index (χ4n) is 3.96. The highest BCUT2D eigenvalue weighted by atomic mass is 16.5. The van der Waals surface area contributed by atoms with Gasteiger partial charge in [0.25, 0.3) is 11.4 Å². The number of nitrogens with one attached hydrogen (secondary N) is 1. The van der Waals surface area contributed by atoms with Gasteiger partial charge in [0.15, 0.2) is 5.78 Å². The van der Waals surface area contributed by atoms with Crippen molar-refractivity contribution in [3.8, 4) is 28.6 Å². The lowest BCUT2D eigenvalue weighted by Crippen LogP contribution is -2.30. The number of ketones is 1. The van der Waals surface area contributed by atoms with E-state index in [9.17, 15) is 9.59 Å². The predicted molar refractivity (Wildman–Crippen MR) is 101 cm³/mol. The Hall–Kier alpha value is -3.22. The first-order valence-electron chi connectivity index (χ1n) is 9.29. The summed E-state index contributed by atoms with van der Waals surface area (Å²) in [5.74, 6) is 1.39. The van der Waals surface area contributed by atoms with Gasteiger partial charge in [0.05, 0.1) is 6.61 Å². The van der Waals surface area contributed by atoms with Crippen LogP contribution in [0.1, 0.15) is 41.9 Å². The first-order valence-corrected chi connectivity index (χ1v) is 9.29. The number of aromatic amines is 1. The summed E-state index contributed by atoms with van der Waals surface area (Å²) in [6.07, 6.45) is 1.93. The average Bonchev–Trinajstić information content (AvgIpc) is 3.29. The molecule has 2 aliphatic rings. The Bertz CT molecular complexity index is 1170. The van der Waals surface area contributed by atoms with Gasteiger partial charge in [-0.25, -0.2) is 0 Å². The number of hydrogen-bond donors (Lipinski definition) is 1. The van der Waals surface area contributed by atoms with E-state index in [1.54, 1.807) is 6.07 Å². The van der Waals surface area contributed by atoms with E-state index >= 15 is 0 Å². The lowest BCUT2D eigenvalue weighted by molar-refractivity contribution is 0.0910. The summed E-state index contributed by atoms with van der Waals surface area (Å²) in [4.78, 5) is 32.4. The molecule has 7 nitrogen and oxygen atoms in total. The molecule has 0 saturated heterocycles. The lowest BCUT2D eigenvalue weighted by atomic mass is 9.75. The molecule has 0 radical (unpaired) electrons. The van der Waals surface area contributed by atoms with Gasteiger partial charge in [-0.15, -0.1) is 0 Å². The smallest absolute Gasteiger partial charge is 0.263 e. The zero-order chi connectivity index (χ0) is 19.5. The summed E-state index contributed by atoms with van der Waals surface area (Å²) in [5, 5.41) is 4.02. The number of benzene rings is 1. The van der Waals surface area contributed by atoms with Crippen molar-refractivity contribution in [1.82, 2.24) is 15.1 Å². The number of carbonyl (C=O) groups is 1. The Morgan fingerprint density at radius 2 is 1.96 bits per heavy atom. The number of pyridine rings is 1. The highest BCUT2D eigenvalue weighted by molar-refractivity contribution is 5.99. The molecule has 0 amide bonds. The first kappa shape index (κ1) is 16.9. The monoisotopic (exact) mass is 377 g/mol. The molecule has 1 aliphatic heterocycles. The lowest BCUT2D eigenvalue weighted by Gasteiger charge is -2.29. The van der Waals surface area contributed by atoms with Gasteiger partial charge in [-0.05, 0) is 41.7 Å². The van der Waals surface area contributed by atoms with Gasteiger partial charge < -0.3 is 14.2 Å². The van der Waals surface area contributed by atoms with Crippen LogP contribution in [-0.4, -0.2) is 27.5 Å². The third kappa shape index (κ3) is 2.74. The van der Waals surface area contributed by atoms with Crippen molar-refractivity contribution in [2.45, 2.75) is 33.1 Å². The standard InChI is InChI=1S/C21H19N3O4/c1-21(2)9-15-13(16(25)10-21)8-14(19(26)22-15)20-23-18(24-28-20)12-3-4-17-11(7-12)5-6-27-17/h3-4,7-8H,5-6,9-10H2,1-2H3,(H,22,26). The van der Waals surface area contributed by atoms with Crippen molar-refractivity contribution in [1.29, 1.82) is 0 Å². The topological polar surface area (TPSA) is 98.1 Å². The molecule has 3 heterocycles. The van der Waals surface area contributed by atoms with Crippen LogP contribution in [0.5, 0.6) is 5.75 Å². The molecule has 1 aliphatic carbocycles. The molecule has 1 aromatic carbocycles. The highest BCUT2D eigenvalue weighted by Gasteiger charge is 2.32. The van der Waals surface area contributed by atoms with Crippen LogP contribution in [0.25, 0.3) is 22.8 Å². The molecule has 0 unspecified atom stereocenters. The van der Waals surface area contributed by atoms with Crippen LogP contribution in [0.15, 0.2) is 33.6 Å². The van der Waals surface area contributed by atoms with Gasteiger partial charge >= 0.3 is 0 Å². The Kier molecular flexibility index (Phi) is 3.56. The van der Waals surface area contributed by atoms with Crippen LogP contribution in [0, 0.1) is 5.41 Å². The fourth-order valence-corrected chi connectivity index (χ4v) is 3.96. The van der Waals surface area contributed by atoms with E-state index in [4.69, 9.17) is 9.26 Å². The number of rotatable bonds is 2. The van der Waals surface area contributed by atoms with E-state index in [0.29, 0.717) is 36.5 Å². The number of fused-ring (bicyclic) bond motifs is 2. The van der Waals surface area contributed by atoms with Crippen molar-refractivity contribution < 1.29 is 14.1 Å². The normalized spacial score (nSPS) is 17.1. The van der Waals surface area contributed by atoms with Crippen molar-refractivity contribution >= 4 is 5.78 Å². The maximum absolute atomic E-state index is 12.6. The van der Waals surface area contributed by atoms with E-state index in [0.717, 1.165) is 23.3 Å². The highest BCUT2D eigenvalue weighted by Crippen LogP contribution is 2.34. The third-order valence-corrected chi connectivity index (χ3v) is 5.32. The molecule has 1 N–H and O–H groups in total. The molecule has 0 spiro atoms. The van der Waals surface area contributed by atoms with Gasteiger partial charge in [-0.3, -0.25) is 9.59 Å². The van der Waals surface area contributed by atoms with Crippen LogP contribution < -0.4 is 10.3 Å². The van der Waals surface area contributed by atoms with E-state index in [1.165, 1.54) is 0 Å². The summed E-state index contributed by atoms with van der Waals surface area (Å²) in [6.45, 7) is 4.71. The molecule has 7 heteroatoms. The van der Waals surface area contributed by atoms with Gasteiger partial charge in [0.1, 0.15) is 11.3 Å². The van der Waals surface area contributed by atoms with Crippen LogP contribution in [0.4, 0.5) is 0 Å². The zero-order valence-corrected chi connectivity index (χ0v) is 15.7. The SMILES string of the molecule is CC1(C)CC(=O)c2cc(-c3nc(-c4ccc5c(c4)CCO5)no3)c(=O)[nH]c2C1. The minimum atomic E-state index is -0.332. The second kappa shape index (κ2) is 5.89. The van der Waals surface area contributed by atoms with Crippen LogP contribution in [0.3, 0.4) is 0 Å². The molecule has 0 fully saturated rings. The molecule has 0 bridgehead atoms. The Labute approximate surface area is 160 Å². The van der Waals surface area contributed by atoms with Crippen LogP contribution in [-0.2, 0) is 12.8 Å². The summed E-state index contributed by atoms with van der Waals surface area (Å²) in [5.41, 5.74) is 2.83. The number of nitrogens with zero attached hydrogens (tertiary/aromatic N) is 2. The van der Waals surface area contributed by atoms with Gasteiger partial charge in [-0.1, -0.05) is 19.0 Å². The number of aromatic nitrogens is 3. The van der Waals surface area contributed by atoms with E-state index in [-0.39, 0.29) is 28.2 Å². The molecule has 142 valence electrons. The quantitative estimate of drug-likeness (QED) is 0.736. The van der Waals surface area contributed by atoms with E-state index < -0.39 is 0 Å². The van der Waals surface area contributed by atoms with E-state index in [1.807, 2.05) is 32.0 Å². The minimum Gasteiger partial charge on any atom is -0.493 e. The van der Waals surface area contributed by atoms with Gasteiger partial charge in [0.2, 0.25) is 5.82 Å². The Balaban J connectivity index is 1.54. The largest absolute Gasteiger partial charge is 0.493 e. The van der Waals surface area contributed by atoms with Crippen LogP contribution in [0.2, 0.25) is 0 Å². The molecule has 0 atom stereocenters. The van der Waals surface area contributed by atoms with Gasteiger partial charge in [0, 0.05) is 29.7 Å². The second-order valence-electron chi connectivity index (χ2n) is 8.19. The van der Waals surface area contributed by atoms with Crippen molar-refractivity contribution in [3.05, 3.63) is 51.4 Å². The van der Waals surface area contributed by atoms with E-state index in [2.05, 4.69) is 15.1 Å². The Morgan fingerprint density at radius 3 is 2.82 bits per heavy atom. The number of hydrogen-bond acceptors (Lipinski definition) is 6. The molecule has 2 aromatic heterocycles. The van der Waals surface area contributed by atoms with Crippen molar-refractivity contribution in [2.24, 2.45) is 5.41 Å². The second-order valence-corrected chi connectivity index (χ2v) is 8.19. The molecule has 28 heavy (non-hydrogen) atoms. The zero-order valence-electron chi connectivity index (χ0n) is 15.7. The Morgan fingerprint density at radius 1 is 1.11 bits per heavy atom.